The second-order valence-electron chi connectivity index (χ2n) is 12.2. The highest BCUT2D eigenvalue weighted by molar-refractivity contribution is 7.91. The molecule has 0 saturated carbocycles. The third kappa shape index (κ3) is 5.55. The fourth-order valence-corrected chi connectivity index (χ4v) is 6.86. The number of fused-ring (bicyclic) bond motifs is 1. The summed E-state index contributed by atoms with van der Waals surface area (Å²) in [5, 5.41) is 7.17. The van der Waals surface area contributed by atoms with Gasteiger partial charge in [0.25, 0.3) is 0 Å². The number of hydrogen-bond donors (Lipinski definition) is 0. The third-order valence-corrected chi connectivity index (χ3v) is 8.73. The molecule has 0 spiro atoms. The predicted octanol–water partition coefficient (Wildman–Crippen LogP) is 6.53. The van der Waals surface area contributed by atoms with Crippen LogP contribution in [0.2, 0.25) is 0 Å². The highest BCUT2D eigenvalue weighted by Crippen LogP contribution is 2.42. The summed E-state index contributed by atoms with van der Waals surface area (Å²) in [5.41, 5.74) is 6.63. The van der Waals surface area contributed by atoms with E-state index in [1.807, 2.05) is 6.08 Å². The lowest BCUT2D eigenvalue weighted by Crippen LogP contribution is -2.37. The van der Waals surface area contributed by atoms with Crippen LogP contribution >= 0.6 is 0 Å². The minimum absolute atomic E-state index is 0.0546. The summed E-state index contributed by atoms with van der Waals surface area (Å²) in [6, 6.07) is 17.1. The van der Waals surface area contributed by atoms with Gasteiger partial charge in [0.1, 0.15) is 0 Å². The maximum atomic E-state index is 13.1. The van der Waals surface area contributed by atoms with Crippen LogP contribution in [0.3, 0.4) is 0 Å². The Morgan fingerprint density at radius 3 is 1.97 bits per heavy atom. The molecule has 2 heterocycles. The topological polar surface area (TPSA) is 49.7 Å². The number of nitrogens with zero attached hydrogens (tertiary/aromatic N) is 2. The van der Waals surface area contributed by atoms with E-state index in [0.29, 0.717) is 0 Å². The van der Waals surface area contributed by atoms with Crippen LogP contribution in [0.4, 0.5) is 0 Å². The number of benzene rings is 2. The van der Waals surface area contributed by atoms with Crippen molar-refractivity contribution in [2.45, 2.75) is 71.8 Å². The first-order valence-electron chi connectivity index (χ1n) is 12.8. The molecule has 2 aromatic carbocycles. The molecule has 0 radical (unpaired) electrons. The van der Waals surface area contributed by atoms with Gasteiger partial charge in [-0.15, -0.1) is 0 Å². The largest absolute Gasteiger partial charge is 0.289 e. The molecule has 4 nitrogen and oxygen atoms in total. The lowest BCUT2D eigenvalue weighted by molar-refractivity contribution is 0.209. The van der Waals surface area contributed by atoms with Crippen LogP contribution in [0.25, 0.3) is 6.08 Å². The highest BCUT2D eigenvalue weighted by Gasteiger charge is 2.45. The predicted molar refractivity (Wildman–Crippen MR) is 148 cm³/mol. The number of sulfone groups is 1. The summed E-state index contributed by atoms with van der Waals surface area (Å²) in [5.74, 6) is 0.0534. The number of hydrazone groups is 1. The van der Waals surface area contributed by atoms with E-state index in [4.69, 9.17) is 5.10 Å². The van der Waals surface area contributed by atoms with Crippen LogP contribution in [-0.2, 0) is 20.7 Å². The van der Waals surface area contributed by atoms with Gasteiger partial charge in [0.15, 0.2) is 9.84 Å². The van der Waals surface area contributed by atoms with Gasteiger partial charge >= 0.3 is 0 Å². The molecule has 4 rings (SSSR count). The van der Waals surface area contributed by atoms with Crippen molar-refractivity contribution in [1.29, 1.82) is 0 Å². The zero-order valence-corrected chi connectivity index (χ0v) is 23.1. The van der Waals surface area contributed by atoms with Crippen molar-refractivity contribution in [3.05, 3.63) is 76.4 Å². The lowest BCUT2D eigenvalue weighted by atomic mass is 9.83. The van der Waals surface area contributed by atoms with Crippen LogP contribution in [0.15, 0.2) is 59.2 Å². The maximum Gasteiger partial charge on any atom is 0.155 e. The summed E-state index contributed by atoms with van der Waals surface area (Å²) in [4.78, 5) is 0. The Labute approximate surface area is 212 Å². The molecule has 2 aliphatic rings. The third-order valence-electron chi connectivity index (χ3n) is 7.12. The van der Waals surface area contributed by atoms with Gasteiger partial charge in [-0.3, -0.25) is 5.01 Å². The standard InChI is InChI=1S/C30H40N2O2S/c1-8-17-32-28(22-11-15-25(16-12-22)30(5,6)7)26-20-35(33,34)19-23(27(26)31-32)18-21-9-13-24(14-10-21)29(2,3)4/h9-16,18,26,28H,8,17,19-20H2,1-7H3/b23-18+. The van der Waals surface area contributed by atoms with E-state index in [-0.39, 0.29) is 34.3 Å². The maximum absolute atomic E-state index is 13.1. The molecule has 35 heavy (non-hydrogen) atoms. The Kier molecular flexibility index (Phi) is 6.78. The van der Waals surface area contributed by atoms with Crippen LogP contribution in [0.5, 0.6) is 0 Å². The SMILES string of the molecule is CCCN1N=C2/C(=C/c3ccc(C(C)(C)C)cc3)CS(=O)(=O)CC2C1c1ccc(C(C)(C)C)cc1. The average Bonchev–Trinajstić information content (AvgIpc) is 3.10. The second-order valence-corrected chi connectivity index (χ2v) is 14.3. The van der Waals surface area contributed by atoms with Gasteiger partial charge in [-0.05, 0) is 51.2 Å². The molecule has 0 amide bonds. The molecule has 0 aliphatic carbocycles. The molecule has 0 bridgehead atoms. The molecule has 1 saturated heterocycles. The molecular formula is C30H40N2O2S. The molecule has 2 aliphatic heterocycles. The van der Waals surface area contributed by atoms with Crippen LogP contribution in [0.1, 0.15) is 83.2 Å². The molecule has 0 N–H and O–H groups in total. The molecule has 2 unspecified atom stereocenters. The molecule has 1 fully saturated rings. The summed E-state index contributed by atoms with van der Waals surface area (Å²) in [7, 11) is -3.22. The molecule has 0 aromatic heterocycles. The Hall–Kier alpha value is -2.40. The van der Waals surface area contributed by atoms with E-state index >= 15 is 0 Å². The summed E-state index contributed by atoms with van der Waals surface area (Å²) in [6.07, 6.45) is 2.99. The summed E-state index contributed by atoms with van der Waals surface area (Å²) < 4.78 is 26.2. The van der Waals surface area contributed by atoms with E-state index in [0.717, 1.165) is 35.4 Å². The lowest BCUT2D eigenvalue weighted by Gasteiger charge is -2.31. The van der Waals surface area contributed by atoms with E-state index in [1.165, 1.54) is 11.1 Å². The van der Waals surface area contributed by atoms with Gasteiger partial charge in [-0.2, -0.15) is 5.10 Å². The quantitative estimate of drug-likeness (QED) is 0.487. The Bertz CT molecular complexity index is 1230. The molecule has 5 heteroatoms. The Balaban J connectivity index is 1.72. The first-order valence-corrected chi connectivity index (χ1v) is 14.6. The van der Waals surface area contributed by atoms with Gasteiger partial charge in [-0.25, -0.2) is 8.42 Å². The van der Waals surface area contributed by atoms with Gasteiger partial charge in [0.05, 0.1) is 23.3 Å². The zero-order valence-electron chi connectivity index (χ0n) is 22.3. The fourth-order valence-electron chi connectivity index (χ4n) is 5.15. The van der Waals surface area contributed by atoms with Crippen LogP contribution in [0, 0.1) is 5.92 Å². The van der Waals surface area contributed by atoms with E-state index in [9.17, 15) is 8.42 Å². The molecule has 2 atom stereocenters. The van der Waals surface area contributed by atoms with Gasteiger partial charge < -0.3 is 0 Å². The normalized spacial score (nSPS) is 23.3. The Morgan fingerprint density at radius 2 is 1.46 bits per heavy atom. The van der Waals surface area contributed by atoms with Crippen LogP contribution in [-0.4, -0.2) is 37.2 Å². The fraction of sp³-hybridized carbons (Fsp3) is 0.500. The molecule has 188 valence electrons. The number of hydrogen-bond acceptors (Lipinski definition) is 4. The highest BCUT2D eigenvalue weighted by atomic mass is 32.2. The molecule has 2 aromatic rings. The van der Waals surface area contributed by atoms with Crippen molar-refractivity contribution < 1.29 is 8.42 Å². The van der Waals surface area contributed by atoms with E-state index in [1.54, 1.807) is 0 Å². The zero-order chi connectivity index (χ0) is 25.6. The summed E-state index contributed by atoms with van der Waals surface area (Å²) >= 11 is 0. The first kappa shape index (κ1) is 25.7. The van der Waals surface area contributed by atoms with E-state index < -0.39 is 9.84 Å². The van der Waals surface area contributed by atoms with Crippen molar-refractivity contribution in [2.24, 2.45) is 11.0 Å². The molecular weight excluding hydrogens is 452 g/mol. The smallest absolute Gasteiger partial charge is 0.155 e. The van der Waals surface area contributed by atoms with Gasteiger partial charge in [-0.1, -0.05) is 97.0 Å². The first-order chi connectivity index (χ1) is 16.3. The minimum Gasteiger partial charge on any atom is -0.289 e. The summed E-state index contributed by atoms with van der Waals surface area (Å²) in [6.45, 7) is 16.2. The average molecular weight is 493 g/mol. The van der Waals surface area contributed by atoms with E-state index in [2.05, 4.69) is 102 Å². The van der Waals surface area contributed by atoms with Gasteiger partial charge in [0.2, 0.25) is 0 Å². The van der Waals surface area contributed by atoms with Crippen molar-refractivity contribution in [1.82, 2.24) is 5.01 Å². The van der Waals surface area contributed by atoms with Crippen molar-refractivity contribution in [3.63, 3.8) is 0 Å². The Morgan fingerprint density at radius 1 is 0.914 bits per heavy atom. The van der Waals surface area contributed by atoms with Gasteiger partial charge in [0, 0.05) is 12.5 Å². The van der Waals surface area contributed by atoms with Crippen molar-refractivity contribution in [2.75, 3.05) is 18.1 Å². The van der Waals surface area contributed by atoms with Crippen LogP contribution < -0.4 is 0 Å². The minimum atomic E-state index is -3.22. The monoisotopic (exact) mass is 492 g/mol. The van der Waals surface area contributed by atoms with Crippen molar-refractivity contribution >= 4 is 21.6 Å². The van der Waals surface area contributed by atoms with Crippen molar-refractivity contribution in [3.8, 4) is 0 Å². The second kappa shape index (κ2) is 9.24. The number of rotatable bonds is 4.